The standard InChI is InChI=1S/C20H33NSi/c1-15(2)18-17(16-12-10-9-11-13-16)14-22(21-18,19(3,4)5)20(6,7)8/h9-15,18,21H,1-8H3. The van der Waals surface area contributed by atoms with Crippen molar-refractivity contribution in [3.8, 4) is 0 Å². The van der Waals surface area contributed by atoms with Crippen LogP contribution in [-0.2, 0) is 0 Å². The Morgan fingerprint density at radius 1 is 0.909 bits per heavy atom. The first-order valence-corrected chi connectivity index (χ1v) is 10.6. The molecule has 1 N–H and O–H groups in total. The molecule has 1 aliphatic rings. The second-order valence-electron chi connectivity index (χ2n) is 9.14. The SMILES string of the molecule is CC(C)C1N[Si](C(C)(C)C)(C(C)(C)C)C=C1c1ccccc1. The van der Waals surface area contributed by atoms with Gasteiger partial charge in [-0.2, -0.15) is 0 Å². The van der Waals surface area contributed by atoms with Gasteiger partial charge in [-0.15, -0.1) is 0 Å². The Balaban J connectivity index is 2.63. The Kier molecular flexibility index (Phi) is 4.49. The lowest BCUT2D eigenvalue weighted by molar-refractivity contribution is 0.514. The average molecular weight is 316 g/mol. The first kappa shape index (κ1) is 17.5. The maximum atomic E-state index is 4.18. The van der Waals surface area contributed by atoms with Crippen molar-refractivity contribution in [2.24, 2.45) is 5.92 Å². The molecule has 0 aliphatic carbocycles. The molecule has 0 radical (unpaired) electrons. The van der Waals surface area contributed by atoms with E-state index in [1.54, 1.807) is 0 Å². The molecule has 22 heavy (non-hydrogen) atoms. The second kappa shape index (κ2) is 5.65. The van der Waals surface area contributed by atoms with Crippen LogP contribution in [0.4, 0.5) is 0 Å². The zero-order chi connectivity index (χ0) is 16.8. The molecule has 2 heteroatoms. The first-order valence-electron chi connectivity index (χ1n) is 8.55. The Hall–Kier alpha value is -0.863. The van der Waals surface area contributed by atoms with Crippen molar-refractivity contribution >= 4 is 13.8 Å². The van der Waals surface area contributed by atoms with Gasteiger partial charge >= 0.3 is 0 Å². The zero-order valence-electron chi connectivity index (χ0n) is 15.6. The van der Waals surface area contributed by atoms with Crippen molar-refractivity contribution < 1.29 is 0 Å². The molecule has 0 bridgehead atoms. The summed E-state index contributed by atoms with van der Waals surface area (Å²) >= 11 is 0. The van der Waals surface area contributed by atoms with Crippen LogP contribution in [0.15, 0.2) is 36.0 Å². The van der Waals surface area contributed by atoms with E-state index in [2.05, 4.69) is 96.4 Å². The number of nitrogens with one attached hydrogen (secondary N) is 1. The van der Waals surface area contributed by atoms with E-state index in [0.29, 0.717) is 12.0 Å². The Morgan fingerprint density at radius 3 is 1.82 bits per heavy atom. The van der Waals surface area contributed by atoms with Gasteiger partial charge < -0.3 is 4.98 Å². The second-order valence-corrected chi connectivity index (χ2v) is 14.3. The van der Waals surface area contributed by atoms with E-state index in [-0.39, 0.29) is 10.1 Å². The van der Waals surface area contributed by atoms with Crippen LogP contribution in [0.2, 0.25) is 10.1 Å². The van der Waals surface area contributed by atoms with Crippen molar-refractivity contribution in [1.29, 1.82) is 0 Å². The third-order valence-electron chi connectivity index (χ3n) is 5.23. The van der Waals surface area contributed by atoms with Gasteiger partial charge in [0.05, 0.1) is 0 Å². The summed E-state index contributed by atoms with van der Waals surface area (Å²) in [6, 6.07) is 11.4. The molecule has 0 amide bonds. The molecule has 1 heterocycles. The summed E-state index contributed by atoms with van der Waals surface area (Å²) in [6.07, 6.45) is 0. The molecule has 1 nitrogen and oxygen atoms in total. The van der Waals surface area contributed by atoms with E-state index in [0.717, 1.165) is 0 Å². The van der Waals surface area contributed by atoms with Crippen LogP contribution in [-0.4, -0.2) is 14.3 Å². The monoisotopic (exact) mass is 315 g/mol. The van der Waals surface area contributed by atoms with Crippen molar-refractivity contribution in [1.82, 2.24) is 4.98 Å². The topological polar surface area (TPSA) is 12.0 Å². The Morgan fingerprint density at radius 2 is 1.41 bits per heavy atom. The van der Waals surface area contributed by atoms with Crippen LogP contribution in [0.1, 0.15) is 61.0 Å². The van der Waals surface area contributed by atoms with E-state index < -0.39 is 8.24 Å². The largest absolute Gasteiger partial charge is 0.327 e. The molecular formula is C20H33NSi. The van der Waals surface area contributed by atoms with Crippen molar-refractivity contribution in [3.05, 3.63) is 41.6 Å². The van der Waals surface area contributed by atoms with E-state index in [1.807, 2.05) is 0 Å². The minimum Gasteiger partial charge on any atom is -0.327 e. The molecule has 0 aromatic heterocycles. The third-order valence-corrected chi connectivity index (χ3v) is 11.5. The molecule has 122 valence electrons. The predicted octanol–water partition coefficient (Wildman–Crippen LogP) is 5.78. The summed E-state index contributed by atoms with van der Waals surface area (Å²) in [5.41, 5.74) is 5.58. The molecule has 1 aromatic rings. The molecule has 1 aliphatic heterocycles. The molecule has 0 fully saturated rings. The molecule has 1 atom stereocenters. The molecular weight excluding hydrogens is 282 g/mol. The number of benzene rings is 1. The van der Waals surface area contributed by atoms with Crippen LogP contribution < -0.4 is 4.98 Å². The number of hydrogen-bond acceptors (Lipinski definition) is 1. The fourth-order valence-corrected chi connectivity index (χ4v) is 9.96. The minimum absolute atomic E-state index is 0.287. The van der Waals surface area contributed by atoms with Crippen LogP contribution in [0, 0.1) is 5.92 Å². The van der Waals surface area contributed by atoms with Gasteiger partial charge in [0.2, 0.25) is 0 Å². The summed E-state index contributed by atoms with van der Waals surface area (Å²) in [5.74, 6) is 0.602. The average Bonchev–Trinajstić information content (AvgIpc) is 2.81. The Bertz CT molecular complexity index is 529. The lowest BCUT2D eigenvalue weighted by Crippen LogP contribution is -2.62. The highest BCUT2D eigenvalue weighted by atomic mass is 28.3. The smallest absolute Gasteiger partial charge is 0.162 e. The van der Waals surface area contributed by atoms with Crippen LogP contribution in [0.3, 0.4) is 0 Å². The Labute approximate surface area is 138 Å². The maximum Gasteiger partial charge on any atom is 0.162 e. The maximum absolute atomic E-state index is 4.18. The quantitative estimate of drug-likeness (QED) is 0.682. The predicted molar refractivity (Wildman–Crippen MR) is 101 cm³/mol. The fourth-order valence-electron chi connectivity index (χ4n) is 4.10. The molecule has 1 aromatic carbocycles. The van der Waals surface area contributed by atoms with Gasteiger partial charge in [-0.25, -0.2) is 0 Å². The van der Waals surface area contributed by atoms with Gasteiger partial charge in [0.15, 0.2) is 8.24 Å². The van der Waals surface area contributed by atoms with Gasteiger partial charge in [-0.3, -0.25) is 0 Å². The van der Waals surface area contributed by atoms with Crippen molar-refractivity contribution in [3.63, 3.8) is 0 Å². The normalized spacial score (nSPS) is 22.0. The molecule has 0 saturated heterocycles. The van der Waals surface area contributed by atoms with Gasteiger partial charge in [0, 0.05) is 6.04 Å². The van der Waals surface area contributed by atoms with Crippen molar-refractivity contribution in [2.75, 3.05) is 0 Å². The summed E-state index contributed by atoms with van der Waals surface area (Å²) in [7, 11) is -1.82. The summed E-state index contributed by atoms with van der Waals surface area (Å²) in [4.78, 5) is 4.18. The van der Waals surface area contributed by atoms with E-state index in [1.165, 1.54) is 11.1 Å². The van der Waals surface area contributed by atoms with Gasteiger partial charge in [-0.05, 0) is 27.1 Å². The fraction of sp³-hybridized carbons (Fsp3) is 0.600. The van der Waals surface area contributed by atoms with E-state index in [9.17, 15) is 0 Å². The van der Waals surface area contributed by atoms with Crippen LogP contribution in [0.25, 0.3) is 5.57 Å². The van der Waals surface area contributed by atoms with E-state index in [4.69, 9.17) is 0 Å². The van der Waals surface area contributed by atoms with Crippen LogP contribution >= 0.6 is 0 Å². The van der Waals surface area contributed by atoms with Crippen molar-refractivity contribution in [2.45, 2.75) is 71.5 Å². The summed E-state index contributed by atoms with van der Waals surface area (Å²) in [6.45, 7) is 19.2. The highest BCUT2D eigenvalue weighted by Gasteiger charge is 2.56. The highest BCUT2D eigenvalue weighted by Crippen LogP contribution is 2.54. The zero-order valence-corrected chi connectivity index (χ0v) is 16.6. The lowest BCUT2D eigenvalue weighted by atomic mass is 9.93. The number of rotatable bonds is 2. The third kappa shape index (κ3) is 2.83. The van der Waals surface area contributed by atoms with Gasteiger partial charge in [0.1, 0.15) is 0 Å². The van der Waals surface area contributed by atoms with E-state index >= 15 is 0 Å². The molecule has 2 rings (SSSR count). The number of hydrogen-bond donors (Lipinski definition) is 1. The first-order chi connectivity index (χ1) is 9.99. The molecule has 1 unspecified atom stereocenters. The summed E-state index contributed by atoms with van der Waals surface area (Å²) < 4.78 is 0. The molecule has 0 saturated carbocycles. The van der Waals surface area contributed by atoms with Crippen LogP contribution in [0.5, 0.6) is 0 Å². The minimum atomic E-state index is -1.82. The lowest BCUT2D eigenvalue weighted by Gasteiger charge is -2.49. The summed E-state index contributed by atoms with van der Waals surface area (Å²) in [5, 5.41) is 0.573. The van der Waals surface area contributed by atoms with Gasteiger partial charge in [0.25, 0.3) is 0 Å². The highest BCUT2D eigenvalue weighted by molar-refractivity contribution is 6.89. The van der Waals surface area contributed by atoms with Gasteiger partial charge in [-0.1, -0.05) is 91.4 Å². The molecule has 0 spiro atoms.